The molecule has 0 amide bonds. The SMILES string of the molecule is c1cc2ccc1CCc1ccc(cc1)Cc1ccc(cc1)CC2. The molecular formula is C23H22. The summed E-state index contributed by atoms with van der Waals surface area (Å²) in [5.74, 6) is 0. The second-order valence-electron chi connectivity index (χ2n) is 6.63. The molecule has 0 unspecified atom stereocenters. The van der Waals surface area contributed by atoms with Crippen LogP contribution in [0.25, 0.3) is 0 Å². The van der Waals surface area contributed by atoms with E-state index >= 15 is 0 Å². The van der Waals surface area contributed by atoms with Gasteiger partial charge in [0.15, 0.2) is 0 Å². The Morgan fingerprint density at radius 1 is 0.304 bits per heavy atom. The maximum Gasteiger partial charge on any atom is -0.00258 e. The van der Waals surface area contributed by atoms with Crippen molar-refractivity contribution < 1.29 is 0 Å². The van der Waals surface area contributed by atoms with Crippen LogP contribution in [0.3, 0.4) is 0 Å². The minimum atomic E-state index is 1.03. The predicted molar refractivity (Wildman–Crippen MR) is 96.9 cm³/mol. The lowest BCUT2D eigenvalue weighted by molar-refractivity contribution is 0.940. The predicted octanol–water partition coefficient (Wildman–Crippen LogP) is 5.16. The van der Waals surface area contributed by atoms with Gasteiger partial charge in [-0.05, 0) is 65.5 Å². The topological polar surface area (TPSA) is 0 Å². The van der Waals surface area contributed by atoms with Gasteiger partial charge >= 0.3 is 0 Å². The molecule has 0 aliphatic heterocycles. The van der Waals surface area contributed by atoms with Gasteiger partial charge in [0.05, 0.1) is 0 Å². The summed E-state index contributed by atoms with van der Waals surface area (Å²) in [5.41, 5.74) is 8.52. The molecule has 6 bridgehead atoms. The molecule has 6 aliphatic rings. The highest BCUT2D eigenvalue weighted by Gasteiger charge is 2.02. The molecule has 0 saturated carbocycles. The Kier molecular flexibility index (Phi) is 3.98. The summed E-state index contributed by atoms with van der Waals surface area (Å²) in [6.07, 6.45) is 5.51. The summed E-state index contributed by atoms with van der Waals surface area (Å²) in [6.45, 7) is 0. The third-order valence-corrected chi connectivity index (χ3v) is 4.88. The van der Waals surface area contributed by atoms with Gasteiger partial charge in [-0.25, -0.2) is 0 Å². The van der Waals surface area contributed by atoms with E-state index in [0.29, 0.717) is 0 Å². The Hall–Kier alpha value is -2.34. The van der Waals surface area contributed by atoms with Crippen molar-refractivity contribution in [1.29, 1.82) is 0 Å². The molecule has 6 aliphatic carbocycles. The molecule has 0 fully saturated rings. The molecule has 0 nitrogen and oxygen atoms in total. The van der Waals surface area contributed by atoms with Crippen molar-refractivity contribution in [2.24, 2.45) is 0 Å². The summed E-state index contributed by atoms with van der Waals surface area (Å²) >= 11 is 0. The van der Waals surface area contributed by atoms with Crippen LogP contribution < -0.4 is 0 Å². The van der Waals surface area contributed by atoms with E-state index in [0.717, 1.165) is 32.1 Å². The maximum atomic E-state index is 2.30. The fourth-order valence-corrected chi connectivity index (χ4v) is 3.33. The fourth-order valence-electron chi connectivity index (χ4n) is 3.33. The lowest BCUT2D eigenvalue weighted by Crippen LogP contribution is -1.94. The number of aryl methyl sites for hydroxylation is 4. The molecule has 0 spiro atoms. The van der Waals surface area contributed by atoms with Gasteiger partial charge in [0.2, 0.25) is 0 Å². The second-order valence-corrected chi connectivity index (χ2v) is 6.63. The largest absolute Gasteiger partial charge is 0.0588 e. The zero-order valence-corrected chi connectivity index (χ0v) is 13.5. The normalized spacial score (nSPS) is 14.1. The number of benzene rings is 3. The van der Waals surface area contributed by atoms with Crippen LogP contribution in [0.1, 0.15) is 33.4 Å². The van der Waals surface area contributed by atoms with Crippen molar-refractivity contribution in [3.8, 4) is 0 Å². The molecule has 9 rings (SSSR count). The fraction of sp³-hybridized carbons (Fsp3) is 0.217. The molecule has 0 heteroatoms. The van der Waals surface area contributed by atoms with Crippen molar-refractivity contribution in [2.75, 3.05) is 0 Å². The molecule has 0 N–H and O–H groups in total. The van der Waals surface area contributed by atoms with Gasteiger partial charge in [0, 0.05) is 0 Å². The van der Waals surface area contributed by atoms with Crippen molar-refractivity contribution in [3.05, 3.63) is 106 Å². The zero-order chi connectivity index (χ0) is 15.5. The lowest BCUT2D eigenvalue weighted by atomic mass is 10.00. The van der Waals surface area contributed by atoms with Gasteiger partial charge in [-0.3, -0.25) is 0 Å². The molecule has 0 atom stereocenters. The Bertz CT molecular complexity index is 693. The lowest BCUT2D eigenvalue weighted by Gasteiger charge is -2.06. The summed E-state index contributed by atoms with van der Waals surface area (Å²) in [6, 6.07) is 27.5. The van der Waals surface area contributed by atoms with Crippen LogP contribution >= 0.6 is 0 Å². The van der Waals surface area contributed by atoms with Crippen LogP contribution in [0, 0.1) is 0 Å². The summed E-state index contributed by atoms with van der Waals surface area (Å²) in [5, 5.41) is 0. The first kappa shape index (κ1) is 14.3. The number of hydrogen-bond donors (Lipinski definition) is 0. The van der Waals surface area contributed by atoms with Gasteiger partial charge in [0.25, 0.3) is 0 Å². The molecular weight excluding hydrogens is 276 g/mol. The molecule has 0 aromatic heterocycles. The summed E-state index contributed by atoms with van der Waals surface area (Å²) in [4.78, 5) is 0. The van der Waals surface area contributed by atoms with Crippen LogP contribution in [0.15, 0.2) is 72.8 Å². The Morgan fingerprint density at radius 2 is 0.522 bits per heavy atom. The minimum Gasteiger partial charge on any atom is -0.0588 e. The first-order valence-corrected chi connectivity index (χ1v) is 8.59. The van der Waals surface area contributed by atoms with Gasteiger partial charge in [0.1, 0.15) is 0 Å². The van der Waals surface area contributed by atoms with Crippen LogP contribution in [0.2, 0.25) is 0 Å². The summed E-state index contributed by atoms with van der Waals surface area (Å²) < 4.78 is 0. The average molecular weight is 298 g/mol. The third kappa shape index (κ3) is 3.53. The van der Waals surface area contributed by atoms with E-state index in [9.17, 15) is 0 Å². The van der Waals surface area contributed by atoms with Crippen LogP contribution in [0.5, 0.6) is 0 Å². The molecule has 3 aromatic rings. The van der Waals surface area contributed by atoms with E-state index in [1.54, 1.807) is 0 Å². The Labute approximate surface area is 138 Å². The first-order valence-electron chi connectivity index (χ1n) is 8.59. The molecule has 23 heavy (non-hydrogen) atoms. The van der Waals surface area contributed by atoms with Crippen LogP contribution in [-0.4, -0.2) is 0 Å². The van der Waals surface area contributed by atoms with E-state index < -0.39 is 0 Å². The second kappa shape index (κ2) is 6.42. The van der Waals surface area contributed by atoms with Gasteiger partial charge in [-0.15, -0.1) is 0 Å². The Morgan fingerprint density at radius 3 is 0.783 bits per heavy atom. The van der Waals surface area contributed by atoms with Crippen molar-refractivity contribution in [1.82, 2.24) is 0 Å². The van der Waals surface area contributed by atoms with Gasteiger partial charge in [-0.2, -0.15) is 0 Å². The minimum absolute atomic E-state index is 1.03. The third-order valence-electron chi connectivity index (χ3n) is 4.88. The maximum absolute atomic E-state index is 2.30. The highest BCUT2D eigenvalue weighted by atomic mass is 14.1. The van der Waals surface area contributed by atoms with Crippen LogP contribution in [-0.2, 0) is 32.1 Å². The van der Waals surface area contributed by atoms with Crippen molar-refractivity contribution in [2.45, 2.75) is 32.1 Å². The molecule has 114 valence electrons. The van der Waals surface area contributed by atoms with Gasteiger partial charge in [-0.1, -0.05) is 72.8 Å². The van der Waals surface area contributed by atoms with E-state index in [-0.39, 0.29) is 0 Å². The van der Waals surface area contributed by atoms with E-state index in [1.807, 2.05) is 0 Å². The van der Waals surface area contributed by atoms with Crippen LogP contribution in [0.4, 0.5) is 0 Å². The van der Waals surface area contributed by atoms with E-state index in [4.69, 9.17) is 0 Å². The molecule has 3 aromatic carbocycles. The number of hydrogen-bond acceptors (Lipinski definition) is 0. The molecule has 0 heterocycles. The standard InChI is InChI=1S/C23H22/c1-2-19-4-3-18(1)5-7-20-9-13-22(14-10-20)17-23-15-11-21(8-6-19)12-16-23/h1-4,9-16H,5-8,17H2. The van der Waals surface area contributed by atoms with Gasteiger partial charge < -0.3 is 0 Å². The monoisotopic (exact) mass is 298 g/mol. The van der Waals surface area contributed by atoms with Crippen molar-refractivity contribution >= 4 is 0 Å². The Balaban J connectivity index is 1.67. The average Bonchev–Trinajstić information content (AvgIpc) is 2.62. The highest BCUT2D eigenvalue weighted by molar-refractivity contribution is 5.32. The van der Waals surface area contributed by atoms with E-state index in [2.05, 4.69) is 72.8 Å². The molecule has 0 saturated heterocycles. The quantitative estimate of drug-likeness (QED) is 0.537. The smallest absolute Gasteiger partial charge is 0.00258 e. The zero-order valence-electron chi connectivity index (χ0n) is 13.5. The summed E-state index contributed by atoms with van der Waals surface area (Å²) in [7, 11) is 0. The first-order chi connectivity index (χ1) is 11.3. The number of rotatable bonds is 0. The molecule has 0 radical (unpaired) electrons. The van der Waals surface area contributed by atoms with Crippen molar-refractivity contribution in [3.63, 3.8) is 0 Å². The van der Waals surface area contributed by atoms with E-state index in [1.165, 1.54) is 33.4 Å². The highest BCUT2D eigenvalue weighted by Crippen LogP contribution is 2.16.